The fourth-order valence-corrected chi connectivity index (χ4v) is 2.05. The van der Waals surface area contributed by atoms with Crippen LogP contribution in [0.25, 0.3) is 0 Å². The lowest BCUT2D eigenvalue weighted by molar-refractivity contribution is 0.134. The first-order chi connectivity index (χ1) is 8.31. The number of anilines is 1. The first-order valence-corrected chi connectivity index (χ1v) is 5.80. The molecule has 0 unspecified atom stereocenters. The molecule has 2 aromatic rings. The van der Waals surface area contributed by atoms with Gasteiger partial charge in [0.05, 0.1) is 19.8 Å². The van der Waals surface area contributed by atoms with E-state index < -0.39 is 0 Å². The van der Waals surface area contributed by atoms with Crippen molar-refractivity contribution in [1.29, 1.82) is 0 Å². The summed E-state index contributed by atoms with van der Waals surface area (Å²) in [6.07, 6.45) is 0. The lowest BCUT2D eigenvalue weighted by Gasteiger charge is -2.06. The number of aryl methyl sites for hydroxylation is 1. The monoisotopic (exact) mass is 229 g/mol. The maximum absolute atomic E-state index is 5.51. The molecule has 1 aromatic carbocycles. The zero-order valence-corrected chi connectivity index (χ0v) is 9.82. The number of nitrogens with one attached hydrogen (secondary N) is 1. The molecule has 1 N–H and O–H groups in total. The molecule has 3 nitrogen and oxygen atoms in total. The molecular formula is C14H15NO2. The van der Waals surface area contributed by atoms with E-state index in [9.17, 15) is 0 Å². The predicted molar refractivity (Wildman–Crippen MR) is 65.7 cm³/mol. The van der Waals surface area contributed by atoms with Crippen LogP contribution in [0.5, 0.6) is 0 Å². The molecule has 0 amide bonds. The van der Waals surface area contributed by atoms with Gasteiger partial charge in [0.2, 0.25) is 0 Å². The lowest BCUT2D eigenvalue weighted by atomic mass is 10.1. The van der Waals surface area contributed by atoms with Crippen molar-refractivity contribution in [2.24, 2.45) is 0 Å². The zero-order valence-electron chi connectivity index (χ0n) is 9.82. The molecule has 0 atom stereocenters. The molecule has 3 rings (SSSR count). The summed E-state index contributed by atoms with van der Waals surface area (Å²) in [5.41, 5.74) is 3.69. The van der Waals surface area contributed by atoms with Crippen molar-refractivity contribution in [3.63, 3.8) is 0 Å². The van der Waals surface area contributed by atoms with Crippen LogP contribution in [0.3, 0.4) is 0 Å². The average Bonchev–Trinajstić information content (AvgIpc) is 2.94. The Kier molecular flexibility index (Phi) is 2.61. The van der Waals surface area contributed by atoms with Crippen LogP contribution in [-0.2, 0) is 24.5 Å². The second-order valence-corrected chi connectivity index (χ2v) is 4.34. The van der Waals surface area contributed by atoms with E-state index in [1.807, 2.05) is 19.1 Å². The Labute approximate surface area is 100 Å². The molecule has 0 saturated carbocycles. The molecule has 2 heterocycles. The van der Waals surface area contributed by atoms with Gasteiger partial charge in [0.15, 0.2) is 0 Å². The Hall–Kier alpha value is -1.74. The Bertz CT molecular complexity index is 531. The highest BCUT2D eigenvalue weighted by Crippen LogP contribution is 2.23. The SMILES string of the molecule is Cc1ccc(CNc2ccc3c(c2)COC3)o1. The van der Waals surface area contributed by atoms with Crippen molar-refractivity contribution in [3.8, 4) is 0 Å². The minimum Gasteiger partial charge on any atom is -0.465 e. The molecule has 0 saturated heterocycles. The third-order valence-electron chi connectivity index (χ3n) is 2.98. The fourth-order valence-electron chi connectivity index (χ4n) is 2.05. The lowest BCUT2D eigenvalue weighted by Crippen LogP contribution is -1.98. The van der Waals surface area contributed by atoms with Crippen molar-refractivity contribution < 1.29 is 9.15 Å². The minimum absolute atomic E-state index is 0.716. The number of rotatable bonds is 3. The summed E-state index contributed by atoms with van der Waals surface area (Å²) in [7, 11) is 0. The highest BCUT2D eigenvalue weighted by Gasteiger charge is 2.11. The standard InChI is InChI=1S/C14H15NO2/c1-10-2-5-14(17-10)7-15-13-4-3-11-8-16-9-12(11)6-13/h2-6,15H,7-9H2,1H3. The molecule has 1 aliphatic rings. The number of ether oxygens (including phenoxy) is 1. The van der Waals surface area contributed by atoms with Gasteiger partial charge in [0, 0.05) is 5.69 Å². The van der Waals surface area contributed by atoms with E-state index in [0.717, 1.165) is 30.4 Å². The van der Waals surface area contributed by atoms with Crippen LogP contribution in [0.1, 0.15) is 22.6 Å². The Balaban J connectivity index is 1.69. The van der Waals surface area contributed by atoms with Crippen LogP contribution in [0.2, 0.25) is 0 Å². The van der Waals surface area contributed by atoms with Crippen LogP contribution < -0.4 is 5.32 Å². The smallest absolute Gasteiger partial charge is 0.123 e. The van der Waals surface area contributed by atoms with Gasteiger partial charge in [-0.05, 0) is 42.3 Å². The van der Waals surface area contributed by atoms with Crippen molar-refractivity contribution >= 4 is 5.69 Å². The fraction of sp³-hybridized carbons (Fsp3) is 0.286. The third kappa shape index (κ3) is 2.19. The molecule has 1 aliphatic heterocycles. The molecule has 0 aliphatic carbocycles. The Morgan fingerprint density at radius 3 is 2.82 bits per heavy atom. The van der Waals surface area contributed by atoms with Crippen LogP contribution in [-0.4, -0.2) is 0 Å². The van der Waals surface area contributed by atoms with Crippen LogP contribution in [0.15, 0.2) is 34.7 Å². The van der Waals surface area contributed by atoms with Crippen LogP contribution in [0.4, 0.5) is 5.69 Å². The van der Waals surface area contributed by atoms with Crippen molar-refractivity contribution in [2.75, 3.05) is 5.32 Å². The van der Waals surface area contributed by atoms with Gasteiger partial charge in [-0.25, -0.2) is 0 Å². The van der Waals surface area contributed by atoms with E-state index in [4.69, 9.17) is 9.15 Å². The van der Waals surface area contributed by atoms with E-state index in [1.165, 1.54) is 11.1 Å². The summed E-state index contributed by atoms with van der Waals surface area (Å²) in [6, 6.07) is 10.3. The molecule has 0 fully saturated rings. The topological polar surface area (TPSA) is 34.4 Å². The maximum Gasteiger partial charge on any atom is 0.123 e. The molecule has 0 spiro atoms. The van der Waals surface area contributed by atoms with Gasteiger partial charge in [-0.1, -0.05) is 6.07 Å². The predicted octanol–water partition coefficient (Wildman–Crippen LogP) is 3.23. The van der Waals surface area contributed by atoms with Crippen LogP contribution >= 0.6 is 0 Å². The van der Waals surface area contributed by atoms with Crippen molar-refractivity contribution in [3.05, 3.63) is 53.0 Å². The Morgan fingerprint density at radius 1 is 1.12 bits per heavy atom. The van der Waals surface area contributed by atoms with Gasteiger partial charge in [0.25, 0.3) is 0 Å². The van der Waals surface area contributed by atoms with E-state index in [0.29, 0.717) is 6.54 Å². The number of hydrogen-bond donors (Lipinski definition) is 1. The first-order valence-electron chi connectivity index (χ1n) is 5.80. The van der Waals surface area contributed by atoms with E-state index >= 15 is 0 Å². The molecule has 3 heteroatoms. The number of benzene rings is 1. The second kappa shape index (κ2) is 4.26. The normalized spacial score (nSPS) is 13.7. The van der Waals surface area contributed by atoms with E-state index in [-0.39, 0.29) is 0 Å². The average molecular weight is 229 g/mol. The summed E-state index contributed by atoms with van der Waals surface area (Å²) < 4.78 is 10.9. The summed E-state index contributed by atoms with van der Waals surface area (Å²) in [4.78, 5) is 0. The Morgan fingerprint density at radius 2 is 2.00 bits per heavy atom. The van der Waals surface area contributed by atoms with E-state index in [2.05, 4.69) is 23.5 Å². The molecule has 17 heavy (non-hydrogen) atoms. The zero-order chi connectivity index (χ0) is 11.7. The quantitative estimate of drug-likeness (QED) is 0.877. The number of hydrogen-bond acceptors (Lipinski definition) is 3. The molecule has 88 valence electrons. The molecule has 1 aromatic heterocycles. The van der Waals surface area contributed by atoms with Crippen LogP contribution in [0, 0.1) is 6.92 Å². The van der Waals surface area contributed by atoms with Crippen molar-refractivity contribution in [2.45, 2.75) is 26.7 Å². The molecular weight excluding hydrogens is 214 g/mol. The highest BCUT2D eigenvalue weighted by atomic mass is 16.5. The summed E-state index contributed by atoms with van der Waals surface area (Å²) in [5.74, 6) is 1.91. The van der Waals surface area contributed by atoms with Gasteiger partial charge >= 0.3 is 0 Å². The first kappa shape index (κ1) is 10.4. The number of furan rings is 1. The summed E-state index contributed by atoms with van der Waals surface area (Å²) in [5, 5.41) is 3.35. The largest absolute Gasteiger partial charge is 0.465 e. The summed E-state index contributed by atoms with van der Waals surface area (Å²) in [6.45, 7) is 4.14. The van der Waals surface area contributed by atoms with Gasteiger partial charge in [-0.15, -0.1) is 0 Å². The van der Waals surface area contributed by atoms with Gasteiger partial charge in [0.1, 0.15) is 11.5 Å². The van der Waals surface area contributed by atoms with Crippen molar-refractivity contribution in [1.82, 2.24) is 0 Å². The number of fused-ring (bicyclic) bond motifs is 1. The molecule has 0 radical (unpaired) electrons. The van der Waals surface area contributed by atoms with Gasteiger partial charge in [-0.3, -0.25) is 0 Å². The maximum atomic E-state index is 5.51. The van der Waals surface area contributed by atoms with Gasteiger partial charge in [-0.2, -0.15) is 0 Å². The third-order valence-corrected chi connectivity index (χ3v) is 2.98. The van der Waals surface area contributed by atoms with Gasteiger partial charge < -0.3 is 14.5 Å². The second-order valence-electron chi connectivity index (χ2n) is 4.34. The van der Waals surface area contributed by atoms with E-state index in [1.54, 1.807) is 0 Å². The summed E-state index contributed by atoms with van der Waals surface area (Å²) >= 11 is 0. The highest BCUT2D eigenvalue weighted by molar-refractivity contribution is 5.49. The molecule has 0 bridgehead atoms. The minimum atomic E-state index is 0.716.